The first-order valence-corrected chi connectivity index (χ1v) is 10.9. The van der Waals surface area contributed by atoms with Gasteiger partial charge in [0.15, 0.2) is 17.6 Å². The molecule has 156 valence electrons. The molecule has 0 saturated heterocycles. The third-order valence-electron chi connectivity index (χ3n) is 5.65. The fourth-order valence-electron chi connectivity index (χ4n) is 4.15. The summed E-state index contributed by atoms with van der Waals surface area (Å²) >= 11 is 1.70. The number of hydrogen-bond donors (Lipinski definition) is 1. The second kappa shape index (κ2) is 7.98. The Morgan fingerprint density at radius 2 is 1.73 bits per heavy atom. The van der Waals surface area contributed by atoms with Crippen LogP contribution in [-0.4, -0.2) is 59.6 Å². The van der Waals surface area contributed by atoms with E-state index in [9.17, 15) is 9.90 Å². The van der Waals surface area contributed by atoms with E-state index in [4.69, 9.17) is 9.47 Å². The number of ether oxygens (including phenoxy) is 2. The molecule has 1 atom stereocenters. The summed E-state index contributed by atoms with van der Waals surface area (Å²) in [4.78, 5) is 15.7. The Labute approximate surface area is 180 Å². The fraction of sp³-hybridized carbons (Fsp3) is 0.348. The zero-order chi connectivity index (χ0) is 20.7. The third-order valence-corrected chi connectivity index (χ3v) is 6.63. The van der Waals surface area contributed by atoms with Crippen LogP contribution in [0.5, 0.6) is 11.5 Å². The Hall–Kier alpha value is -2.48. The van der Waals surface area contributed by atoms with Crippen LogP contribution in [0.3, 0.4) is 0 Å². The molecule has 0 aromatic heterocycles. The summed E-state index contributed by atoms with van der Waals surface area (Å²) in [5, 5.41) is 10.5. The number of amides is 1. The van der Waals surface area contributed by atoms with E-state index in [-0.39, 0.29) is 5.91 Å². The highest BCUT2D eigenvalue weighted by Gasteiger charge is 2.35. The monoisotopic (exact) mass is 424 g/mol. The van der Waals surface area contributed by atoms with Gasteiger partial charge in [0, 0.05) is 31.1 Å². The summed E-state index contributed by atoms with van der Waals surface area (Å²) in [6.07, 6.45) is -1.10. The van der Waals surface area contributed by atoms with E-state index in [1.54, 1.807) is 22.9 Å². The molecule has 0 fully saturated rings. The Kier molecular flexibility index (Phi) is 5.18. The lowest BCUT2D eigenvalue weighted by atomic mass is 10.1. The largest absolute Gasteiger partial charge is 0.486 e. The average Bonchev–Trinajstić information content (AvgIpc) is 3.31. The molecule has 1 amide bonds. The fourth-order valence-corrected chi connectivity index (χ4v) is 5.18. The number of hydrogen-bond acceptors (Lipinski definition) is 6. The van der Waals surface area contributed by atoms with Gasteiger partial charge in [0.25, 0.3) is 5.91 Å². The highest BCUT2D eigenvalue weighted by atomic mass is 32.2. The number of fused-ring (bicyclic) bond motifs is 1. The number of aryl methyl sites for hydroxylation is 1. The first-order valence-electron chi connectivity index (χ1n) is 10.1. The molecule has 0 aliphatic carbocycles. The minimum Gasteiger partial charge on any atom is -0.486 e. The Balaban J connectivity index is 1.18. The Morgan fingerprint density at radius 3 is 2.47 bits per heavy atom. The van der Waals surface area contributed by atoms with Crippen molar-refractivity contribution in [2.75, 3.05) is 39.4 Å². The molecule has 2 aromatic rings. The molecular weight excluding hydrogens is 400 g/mol. The Morgan fingerprint density at radius 1 is 1.00 bits per heavy atom. The van der Waals surface area contributed by atoms with Crippen molar-refractivity contribution in [3.8, 4) is 11.5 Å². The van der Waals surface area contributed by atoms with E-state index in [0.717, 1.165) is 35.0 Å². The maximum atomic E-state index is 12.8. The van der Waals surface area contributed by atoms with Crippen LogP contribution in [0.4, 0.5) is 0 Å². The van der Waals surface area contributed by atoms with Crippen LogP contribution in [0, 0.1) is 6.92 Å². The summed E-state index contributed by atoms with van der Waals surface area (Å²) in [5.74, 6) is 1.38. The number of aliphatic hydroxyl groups excluding tert-OH is 1. The van der Waals surface area contributed by atoms with Gasteiger partial charge in [0.1, 0.15) is 13.2 Å². The van der Waals surface area contributed by atoms with Crippen molar-refractivity contribution >= 4 is 17.9 Å². The van der Waals surface area contributed by atoms with Crippen molar-refractivity contribution in [3.63, 3.8) is 0 Å². The molecule has 3 aliphatic rings. The highest BCUT2D eigenvalue weighted by molar-refractivity contribution is 7.97. The lowest BCUT2D eigenvalue weighted by molar-refractivity contribution is -0.139. The highest BCUT2D eigenvalue weighted by Crippen LogP contribution is 2.38. The maximum Gasteiger partial charge on any atom is 0.256 e. The van der Waals surface area contributed by atoms with Crippen molar-refractivity contribution < 1.29 is 19.4 Å². The predicted molar refractivity (Wildman–Crippen MR) is 115 cm³/mol. The lowest BCUT2D eigenvalue weighted by Crippen LogP contribution is -2.36. The van der Waals surface area contributed by atoms with E-state index >= 15 is 0 Å². The van der Waals surface area contributed by atoms with Gasteiger partial charge in [-0.15, -0.1) is 0 Å². The molecule has 30 heavy (non-hydrogen) atoms. The zero-order valence-corrected chi connectivity index (χ0v) is 17.7. The van der Waals surface area contributed by atoms with E-state index in [0.29, 0.717) is 31.9 Å². The molecule has 3 aliphatic heterocycles. The molecule has 3 heterocycles. The minimum absolute atomic E-state index is 0.221. The molecular formula is C23H24N2O4S. The number of carbonyl (C=O) groups is 1. The van der Waals surface area contributed by atoms with Crippen molar-refractivity contribution in [1.29, 1.82) is 0 Å². The van der Waals surface area contributed by atoms with E-state index in [1.165, 1.54) is 11.1 Å². The maximum absolute atomic E-state index is 12.8. The molecule has 0 bridgehead atoms. The SMILES string of the molecule is Cc1cccc(C(O)C(=O)N2CC3=C(CN(Sc4ccc5c(c4)OCCO5)C3)C2)c1. The van der Waals surface area contributed by atoms with Crippen molar-refractivity contribution in [2.24, 2.45) is 0 Å². The van der Waals surface area contributed by atoms with Crippen molar-refractivity contribution in [1.82, 2.24) is 9.21 Å². The van der Waals surface area contributed by atoms with Crippen molar-refractivity contribution in [2.45, 2.75) is 17.9 Å². The number of rotatable bonds is 4. The van der Waals surface area contributed by atoms with Crippen LogP contribution in [0.1, 0.15) is 17.2 Å². The Bertz CT molecular complexity index is 1000. The molecule has 2 aromatic carbocycles. The zero-order valence-electron chi connectivity index (χ0n) is 16.8. The predicted octanol–water partition coefficient (Wildman–Crippen LogP) is 2.96. The standard InChI is InChI=1S/C23H24N2O4S/c1-15-3-2-4-16(9-15)22(26)23(27)24-11-17-13-25(14-18(17)12-24)30-19-5-6-20-21(10-19)29-8-7-28-20/h2-6,9-10,22,26H,7-8,11-14H2,1H3. The molecule has 0 saturated carbocycles. The molecule has 0 spiro atoms. The van der Waals surface area contributed by atoms with Crippen LogP contribution in [0.25, 0.3) is 0 Å². The molecule has 0 radical (unpaired) electrons. The van der Waals surface area contributed by atoms with Crippen LogP contribution in [-0.2, 0) is 4.79 Å². The topological polar surface area (TPSA) is 62.2 Å². The molecule has 1 unspecified atom stereocenters. The number of nitrogens with zero attached hydrogens (tertiary/aromatic N) is 2. The van der Waals surface area contributed by atoms with Crippen LogP contribution >= 0.6 is 11.9 Å². The summed E-state index contributed by atoms with van der Waals surface area (Å²) in [6, 6.07) is 13.5. The van der Waals surface area contributed by atoms with Gasteiger partial charge in [-0.3, -0.25) is 4.79 Å². The van der Waals surface area contributed by atoms with Gasteiger partial charge in [-0.1, -0.05) is 29.8 Å². The van der Waals surface area contributed by atoms with E-state index < -0.39 is 6.10 Å². The second-order valence-electron chi connectivity index (χ2n) is 7.91. The number of aliphatic hydroxyl groups is 1. The van der Waals surface area contributed by atoms with Gasteiger partial charge in [-0.2, -0.15) is 0 Å². The summed E-state index contributed by atoms with van der Waals surface area (Å²) < 4.78 is 13.6. The minimum atomic E-state index is -1.10. The summed E-state index contributed by atoms with van der Waals surface area (Å²) in [6.45, 7) is 5.96. The van der Waals surface area contributed by atoms with Gasteiger partial charge in [-0.25, -0.2) is 4.31 Å². The number of benzene rings is 2. The first kappa shape index (κ1) is 19.5. The van der Waals surface area contributed by atoms with Gasteiger partial charge in [-0.05, 0) is 53.8 Å². The first-order chi connectivity index (χ1) is 14.6. The second-order valence-corrected chi connectivity index (χ2v) is 9.08. The molecule has 7 heteroatoms. The summed E-state index contributed by atoms with van der Waals surface area (Å²) in [7, 11) is 0. The van der Waals surface area contributed by atoms with E-state index in [2.05, 4.69) is 10.4 Å². The van der Waals surface area contributed by atoms with Gasteiger partial charge >= 0.3 is 0 Å². The van der Waals surface area contributed by atoms with Gasteiger partial charge in [0.2, 0.25) is 0 Å². The lowest BCUT2D eigenvalue weighted by Gasteiger charge is -2.25. The molecule has 1 N–H and O–H groups in total. The molecule has 6 nitrogen and oxygen atoms in total. The van der Waals surface area contributed by atoms with Crippen LogP contribution in [0.2, 0.25) is 0 Å². The summed E-state index contributed by atoms with van der Waals surface area (Å²) in [5.41, 5.74) is 4.26. The van der Waals surface area contributed by atoms with E-state index in [1.807, 2.05) is 37.3 Å². The number of carbonyl (C=O) groups excluding carboxylic acids is 1. The smallest absolute Gasteiger partial charge is 0.256 e. The van der Waals surface area contributed by atoms with Crippen LogP contribution in [0.15, 0.2) is 58.5 Å². The van der Waals surface area contributed by atoms with Crippen molar-refractivity contribution in [3.05, 3.63) is 64.7 Å². The van der Waals surface area contributed by atoms with Crippen LogP contribution < -0.4 is 9.47 Å². The quantitative estimate of drug-likeness (QED) is 0.602. The average molecular weight is 425 g/mol. The van der Waals surface area contributed by atoms with Gasteiger partial charge in [0.05, 0.1) is 0 Å². The van der Waals surface area contributed by atoms with Gasteiger partial charge < -0.3 is 19.5 Å². The normalized spacial score (nSPS) is 19.2. The third kappa shape index (κ3) is 3.80. The molecule has 5 rings (SSSR count).